The van der Waals surface area contributed by atoms with Gasteiger partial charge in [0.25, 0.3) is 0 Å². The van der Waals surface area contributed by atoms with Crippen molar-refractivity contribution in [1.29, 1.82) is 0 Å². The first-order valence-corrected chi connectivity index (χ1v) is 4.04. The molecule has 1 aromatic carbocycles. The average Bonchev–Trinajstić information content (AvgIpc) is 2.08. The molecule has 3 N–H and O–H groups in total. The topological polar surface area (TPSA) is 63.3 Å². The van der Waals surface area contributed by atoms with Crippen LogP contribution in [-0.4, -0.2) is 11.1 Å². The van der Waals surface area contributed by atoms with E-state index in [4.69, 9.17) is 22.4 Å². The minimum absolute atomic E-state index is 0.0649. The Bertz CT molecular complexity index is 404. The van der Waals surface area contributed by atoms with Crippen LogP contribution in [0.25, 0.3) is 6.08 Å². The van der Waals surface area contributed by atoms with E-state index in [0.717, 1.165) is 18.2 Å². The fraction of sp³-hybridized carbons (Fsp3) is 0. The largest absolute Gasteiger partial charge is 0.478 e. The number of carboxylic acids is 1. The second kappa shape index (κ2) is 4.11. The first-order chi connectivity index (χ1) is 6.50. The van der Waals surface area contributed by atoms with E-state index in [-0.39, 0.29) is 16.3 Å². The minimum Gasteiger partial charge on any atom is -0.478 e. The number of hydrogen-bond acceptors (Lipinski definition) is 2. The summed E-state index contributed by atoms with van der Waals surface area (Å²) in [6, 6.07) is 2.18. The summed E-state index contributed by atoms with van der Waals surface area (Å²) in [5, 5.41) is 8.41. The van der Waals surface area contributed by atoms with Gasteiger partial charge in [-0.1, -0.05) is 11.6 Å². The fourth-order valence-corrected chi connectivity index (χ4v) is 1.12. The van der Waals surface area contributed by atoms with Crippen molar-refractivity contribution in [3.63, 3.8) is 0 Å². The van der Waals surface area contributed by atoms with Gasteiger partial charge in [0.05, 0.1) is 10.7 Å². The monoisotopic (exact) mass is 215 g/mol. The highest BCUT2D eigenvalue weighted by Crippen LogP contribution is 2.25. The molecule has 0 unspecified atom stereocenters. The molecule has 74 valence electrons. The van der Waals surface area contributed by atoms with Crippen molar-refractivity contribution in [1.82, 2.24) is 0 Å². The molecule has 0 amide bonds. The smallest absolute Gasteiger partial charge is 0.328 e. The molecule has 3 nitrogen and oxygen atoms in total. The van der Waals surface area contributed by atoms with Crippen LogP contribution in [0.5, 0.6) is 0 Å². The Labute approximate surface area is 84.6 Å². The van der Waals surface area contributed by atoms with Crippen molar-refractivity contribution >= 4 is 29.3 Å². The average molecular weight is 216 g/mol. The number of halogens is 2. The molecule has 0 saturated heterocycles. The van der Waals surface area contributed by atoms with Crippen LogP contribution < -0.4 is 5.73 Å². The third-order valence-electron chi connectivity index (χ3n) is 1.53. The summed E-state index contributed by atoms with van der Waals surface area (Å²) in [6.07, 6.45) is 2.05. The molecular weight excluding hydrogens is 209 g/mol. The lowest BCUT2D eigenvalue weighted by Crippen LogP contribution is -1.93. The lowest BCUT2D eigenvalue weighted by atomic mass is 10.1. The van der Waals surface area contributed by atoms with Gasteiger partial charge in [0, 0.05) is 11.6 Å². The van der Waals surface area contributed by atoms with Gasteiger partial charge >= 0.3 is 5.97 Å². The van der Waals surface area contributed by atoms with Crippen molar-refractivity contribution in [2.45, 2.75) is 0 Å². The Morgan fingerprint density at radius 3 is 2.79 bits per heavy atom. The maximum Gasteiger partial charge on any atom is 0.328 e. The van der Waals surface area contributed by atoms with Gasteiger partial charge in [-0.25, -0.2) is 9.18 Å². The second-order valence-corrected chi connectivity index (χ2v) is 2.97. The molecule has 1 aromatic rings. The van der Waals surface area contributed by atoms with Crippen LogP contribution in [0.15, 0.2) is 18.2 Å². The van der Waals surface area contributed by atoms with Crippen LogP contribution in [0.3, 0.4) is 0 Å². The predicted octanol–water partition coefficient (Wildman–Crippen LogP) is 2.16. The molecule has 0 aliphatic heterocycles. The summed E-state index contributed by atoms with van der Waals surface area (Å²) in [5.41, 5.74) is 5.90. The van der Waals surface area contributed by atoms with Crippen LogP contribution in [0.4, 0.5) is 10.1 Å². The molecule has 0 spiro atoms. The van der Waals surface area contributed by atoms with Crippen LogP contribution in [-0.2, 0) is 4.79 Å². The first kappa shape index (κ1) is 10.5. The van der Waals surface area contributed by atoms with E-state index in [2.05, 4.69) is 0 Å². The number of carboxylic acid groups (broad SMARTS) is 1. The molecule has 0 aliphatic carbocycles. The Hall–Kier alpha value is -1.55. The van der Waals surface area contributed by atoms with Crippen molar-refractivity contribution < 1.29 is 14.3 Å². The first-order valence-electron chi connectivity index (χ1n) is 3.66. The number of carbonyl (C=O) groups is 1. The third kappa shape index (κ3) is 2.47. The van der Waals surface area contributed by atoms with E-state index in [1.165, 1.54) is 6.08 Å². The maximum atomic E-state index is 12.8. The highest BCUT2D eigenvalue weighted by molar-refractivity contribution is 6.33. The van der Waals surface area contributed by atoms with Crippen molar-refractivity contribution in [2.75, 3.05) is 5.73 Å². The molecule has 0 fully saturated rings. The van der Waals surface area contributed by atoms with Gasteiger partial charge in [0.1, 0.15) is 5.82 Å². The van der Waals surface area contributed by atoms with Gasteiger partial charge in [-0.15, -0.1) is 0 Å². The van der Waals surface area contributed by atoms with Gasteiger partial charge in [-0.3, -0.25) is 0 Å². The van der Waals surface area contributed by atoms with Crippen molar-refractivity contribution in [3.8, 4) is 0 Å². The Morgan fingerprint density at radius 1 is 1.57 bits per heavy atom. The number of benzene rings is 1. The van der Waals surface area contributed by atoms with E-state index in [0.29, 0.717) is 0 Å². The predicted molar refractivity (Wildman–Crippen MR) is 52.5 cm³/mol. The highest BCUT2D eigenvalue weighted by Gasteiger charge is 2.04. The number of nitrogen functional groups attached to an aromatic ring is 1. The normalized spacial score (nSPS) is 10.7. The van der Waals surface area contributed by atoms with Crippen LogP contribution in [0.2, 0.25) is 5.02 Å². The molecule has 0 atom stereocenters. The van der Waals surface area contributed by atoms with Gasteiger partial charge in [-0.2, -0.15) is 0 Å². The summed E-state index contributed by atoms with van der Waals surface area (Å²) in [4.78, 5) is 10.2. The zero-order chi connectivity index (χ0) is 10.7. The number of nitrogens with two attached hydrogens (primary N) is 1. The Kier molecular flexibility index (Phi) is 3.09. The molecule has 5 heteroatoms. The van der Waals surface area contributed by atoms with E-state index in [1.807, 2.05) is 0 Å². The standard InChI is InChI=1S/C9H7ClFNO2/c10-7-4-6(11)3-5(9(7)12)1-2-8(13)14/h1-4H,12H2,(H,13,14). The fourth-order valence-electron chi connectivity index (χ4n) is 0.904. The van der Waals surface area contributed by atoms with E-state index < -0.39 is 11.8 Å². The number of anilines is 1. The van der Waals surface area contributed by atoms with Crippen LogP contribution >= 0.6 is 11.6 Å². The molecule has 1 rings (SSSR count). The second-order valence-electron chi connectivity index (χ2n) is 2.56. The number of hydrogen-bond donors (Lipinski definition) is 2. The van der Waals surface area contributed by atoms with Crippen molar-refractivity contribution in [2.24, 2.45) is 0 Å². The molecule has 0 aliphatic rings. The molecule has 0 heterocycles. The highest BCUT2D eigenvalue weighted by atomic mass is 35.5. The third-order valence-corrected chi connectivity index (χ3v) is 1.84. The summed E-state index contributed by atoms with van der Waals surface area (Å²) in [7, 11) is 0. The van der Waals surface area contributed by atoms with Gasteiger partial charge in [0.15, 0.2) is 0 Å². The molecule has 0 bridgehead atoms. The van der Waals surface area contributed by atoms with Gasteiger partial charge in [-0.05, 0) is 18.2 Å². The summed E-state index contributed by atoms with van der Waals surface area (Å²) < 4.78 is 12.8. The zero-order valence-corrected chi connectivity index (χ0v) is 7.75. The lowest BCUT2D eigenvalue weighted by molar-refractivity contribution is -0.131. The molecule has 0 radical (unpaired) electrons. The van der Waals surface area contributed by atoms with Crippen LogP contribution in [0, 0.1) is 5.82 Å². The SMILES string of the molecule is Nc1c(Cl)cc(F)cc1C=CC(=O)O. The number of aliphatic carboxylic acids is 1. The summed E-state index contributed by atoms with van der Waals surface area (Å²) >= 11 is 5.59. The lowest BCUT2D eigenvalue weighted by Gasteiger charge is -2.02. The summed E-state index contributed by atoms with van der Waals surface area (Å²) in [6.45, 7) is 0. The molecule has 0 saturated carbocycles. The van der Waals surface area contributed by atoms with Crippen LogP contribution in [0.1, 0.15) is 5.56 Å². The van der Waals surface area contributed by atoms with E-state index >= 15 is 0 Å². The molecular formula is C9H7ClFNO2. The minimum atomic E-state index is -1.13. The zero-order valence-electron chi connectivity index (χ0n) is 7.00. The Morgan fingerprint density at radius 2 is 2.21 bits per heavy atom. The quantitative estimate of drug-likeness (QED) is 0.587. The van der Waals surface area contributed by atoms with Gasteiger partial charge < -0.3 is 10.8 Å². The maximum absolute atomic E-state index is 12.8. The number of rotatable bonds is 2. The van der Waals surface area contributed by atoms with E-state index in [1.54, 1.807) is 0 Å². The molecule has 14 heavy (non-hydrogen) atoms. The summed E-state index contributed by atoms with van der Waals surface area (Å²) in [5.74, 6) is -1.70. The van der Waals surface area contributed by atoms with Crippen molar-refractivity contribution in [3.05, 3.63) is 34.6 Å². The Balaban J connectivity index is 3.14. The van der Waals surface area contributed by atoms with E-state index in [9.17, 15) is 9.18 Å². The van der Waals surface area contributed by atoms with Gasteiger partial charge in [0.2, 0.25) is 0 Å². The molecule has 0 aromatic heterocycles.